The van der Waals surface area contributed by atoms with E-state index in [2.05, 4.69) is 31.2 Å². The molecule has 5 N–H and O–H groups in total. The highest BCUT2D eigenvalue weighted by atomic mass is 79.9. The van der Waals surface area contributed by atoms with Gasteiger partial charge in [0.1, 0.15) is 11.7 Å². The Morgan fingerprint density at radius 2 is 2.11 bits per heavy atom. The zero-order valence-electron chi connectivity index (χ0n) is 9.33. The number of thiazole rings is 1. The van der Waals surface area contributed by atoms with E-state index < -0.39 is 18.3 Å². The van der Waals surface area contributed by atoms with Crippen LogP contribution >= 0.6 is 27.3 Å². The van der Waals surface area contributed by atoms with Crippen LogP contribution in [0.25, 0.3) is 0 Å². The summed E-state index contributed by atoms with van der Waals surface area (Å²) in [6, 6.07) is 0. The van der Waals surface area contributed by atoms with Crippen molar-refractivity contribution >= 4 is 33.1 Å². The Hall–Kier alpha value is -1.29. The number of nitrogens with one attached hydrogen (secondary N) is 1. The third-order valence-electron chi connectivity index (χ3n) is 2.40. The lowest BCUT2D eigenvalue weighted by molar-refractivity contribution is -0.192. The SMILES string of the molecule is NC1=CC(N)=NC(Cc2cnc(Br)s2)(C(F)(F)F)N1. The molecule has 0 aromatic carbocycles. The monoisotopic (exact) mass is 355 g/mol. The van der Waals surface area contributed by atoms with Crippen molar-refractivity contribution < 1.29 is 13.2 Å². The van der Waals surface area contributed by atoms with Crippen LogP contribution in [0.1, 0.15) is 4.88 Å². The van der Waals surface area contributed by atoms with Crippen molar-refractivity contribution in [1.29, 1.82) is 0 Å². The molecule has 0 amide bonds. The summed E-state index contributed by atoms with van der Waals surface area (Å²) in [5.74, 6) is -0.439. The molecule has 1 aliphatic heterocycles. The molecule has 1 aromatic heterocycles. The van der Waals surface area contributed by atoms with Crippen LogP contribution in [0.3, 0.4) is 0 Å². The van der Waals surface area contributed by atoms with Crippen LogP contribution in [0.5, 0.6) is 0 Å². The molecule has 1 unspecified atom stereocenters. The van der Waals surface area contributed by atoms with Gasteiger partial charge in [0.05, 0.1) is 0 Å². The fourth-order valence-electron chi connectivity index (χ4n) is 1.65. The van der Waals surface area contributed by atoms with Crippen LogP contribution in [0, 0.1) is 0 Å². The maximum Gasteiger partial charge on any atom is 0.432 e. The van der Waals surface area contributed by atoms with Gasteiger partial charge in [-0.3, -0.25) is 0 Å². The van der Waals surface area contributed by atoms with Crippen LogP contribution in [0.15, 0.2) is 27.0 Å². The summed E-state index contributed by atoms with van der Waals surface area (Å²) in [4.78, 5) is 7.76. The first-order valence-corrected chi connectivity index (χ1v) is 6.60. The van der Waals surface area contributed by atoms with Gasteiger partial charge in [0.25, 0.3) is 0 Å². The maximum atomic E-state index is 13.3. The molecule has 1 atom stereocenters. The minimum absolute atomic E-state index is 0.173. The van der Waals surface area contributed by atoms with Gasteiger partial charge < -0.3 is 16.8 Å². The Morgan fingerprint density at radius 3 is 2.58 bits per heavy atom. The molecular weight excluding hydrogens is 347 g/mol. The smallest absolute Gasteiger partial charge is 0.385 e. The van der Waals surface area contributed by atoms with Crippen molar-refractivity contribution in [2.45, 2.75) is 18.3 Å². The third kappa shape index (κ3) is 2.84. The molecule has 0 aliphatic carbocycles. The van der Waals surface area contributed by atoms with Gasteiger partial charge in [-0.15, -0.1) is 11.3 Å². The average molecular weight is 356 g/mol. The number of nitrogens with zero attached hydrogens (tertiary/aromatic N) is 2. The molecule has 0 saturated carbocycles. The molecule has 0 radical (unpaired) electrons. The van der Waals surface area contributed by atoms with E-state index in [1.807, 2.05) is 0 Å². The van der Waals surface area contributed by atoms with Crippen molar-refractivity contribution in [3.05, 3.63) is 26.9 Å². The lowest BCUT2D eigenvalue weighted by atomic mass is 10.0. The normalized spacial score (nSPS) is 23.6. The Morgan fingerprint density at radius 1 is 1.42 bits per heavy atom. The van der Waals surface area contributed by atoms with E-state index in [0.29, 0.717) is 8.79 Å². The van der Waals surface area contributed by atoms with E-state index >= 15 is 0 Å². The number of halogens is 4. The van der Waals surface area contributed by atoms with Crippen LogP contribution < -0.4 is 16.8 Å². The Balaban J connectivity index is 2.40. The first-order valence-electron chi connectivity index (χ1n) is 4.99. The fraction of sp³-hybridized carbons (Fsp3) is 0.333. The molecule has 0 spiro atoms. The second-order valence-electron chi connectivity index (χ2n) is 3.88. The van der Waals surface area contributed by atoms with Gasteiger partial charge in [-0.1, -0.05) is 0 Å². The predicted molar refractivity (Wildman–Crippen MR) is 69.3 cm³/mol. The summed E-state index contributed by atoms with van der Waals surface area (Å²) in [5.41, 5.74) is 8.26. The summed E-state index contributed by atoms with van der Waals surface area (Å²) in [6.07, 6.45) is -2.58. The highest BCUT2D eigenvalue weighted by Gasteiger charge is 2.56. The molecule has 10 heteroatoms. The van der Waals surface area contributed by atoms with Gasteiger partial charge in [0, 0.05) is 23.6 Å². The molecule has 1 aliphatic rings. The molecule has 1 aromatic rings. The first kappa shape index (κ1) is 14.1. The number of hydrogen-bond donors (Lipinski definition) is 3. The van der Waals surface area contributed by atoms with Gasteiger partial charge in [-0.25, -0.2) is 9.98 Å². The number of aromatic nitrogens is 1. The third-order valence-corrected chi connectivity index (χ3v) is 3.87. The number of nitrogens with two attached hydrogens (primary N) is 2. The summed E-state index contributed by atoms with van der Waals surface area (Å²) in [6.45, 7) is 0. The van der Waals surface area contributed by atoms with E-state index in [9.17, 15) is 13.2 Å². The minimum Gasteiger partial charge on any atom is -0.385 e. The number of amidine groups is 1. The van der Waals surface area contributed by atoms with Crippen molar-refractivity contribution in [2.75, 3.05) is 0 Å². The Labute approximate surface area is 118 Å². The lowest BCUT2D eigenvalue weighted by Crippen LogP contribution is -2.60. The topological polar surface area (TPSA) is 89.3 Å². The van der Waals surface area contributed by atoms with Gasteiger partial charge in [0.2, 0.25) is 5.66 Å². The molecule has 0 bridgehead atoms. The lowest BCUT2D eigenvalue weighted by Gasteiger charge is -2.35. The van der Waals surface area contributed by atoms with Gasteiger partial charge >= 0.3 is 6.18 Å². The van der Waals surface area contributed by atoms with E-state index in [4.69, 9.17) is 11.5 Å². The van der Waals surface area contributed by atoms with Crippen molar-refractivity contribution in [2.24, 2.45) is 16.5 Å². The fourth-order valence-corrected chi connectivity index (χ4v) is 3.08. The molecule has 5 nitrogen and oxygen atoms in total. The predicted octanol–water partition coefficient (Wildman–Crippen LogP) is 1.47. The van der Waals surface area contributed by atoms with E-state index in [-0.39, 0.29) is 11.7 Å². The van der Waals surface area contributed by atoms with E-state index in [0.717, 1.165) is 17.4 Å². The van der Waals surface area contributed by atoms with E-state index in [1.165, 1.54) is 6.20 Å². The molecular formula is C9H9BrF3N5S. The number of rotatable bonds is 2. The summed E-state index contributed by atoms with van der Waals surface area (Å²) < 4.78 is 40.4. The number of alkyl halides is 3. The number of hydrogen-bond acceptors (Lipinski definition) is 6. The summed E-state index contributed by atoms with van der Waals surface area (Å²) in [5, 5.41) is 2.17. The molecule has 0 saturated heterocycles. The number of aliphatic imine (C=N–C) groups is 1. The average Bonchev–Trinajstić information content (AvgIpc) is 2.60. The second kappa shape index (κ2) is 4.67. The van der Waals surface area contributed by atoms with Crippen LogP contribution in [0.4, 0.5) is 13.2 Å². The second-order valence-corrected chi connectivity index (χ2v) is 6.27. The highest BCUT2D eigenvalue weighted by molar-refractivity contribution is 9.11. The van der Waals surface area contributed by atoms with E-state index in [1.54, 1.807) is 0 Å². The minimum atomic E-state index is -4.65. The van der Waals surface area contributed by atoms with Gasteiger partial charge in [-0.2, -0.15) is 13.2 Å². The Kier molecular flexibility index (Phi) is 3.47. The molecule has 2 heterocycles. The van der Waals surface area contributed by atoms with Crippen LogP contribution in [-0.4, -0.2) is 22.7 Å². The summed E-state index contributed by atoms with van der Waals surface area (Å²) >= 11 is 4.19. The zero-order chi connectivity index (χ0) is 14.3. The van der Waals surface area contributed by atoms with Crippen molar-refractivity contribution in [3.8, 4) is 0 Å². The van der Waals surface area contributed by atoms with Crippen molar-refractivity contribution in [1.82, 2.24) is 10.3 Å². The first-order chi connectivity index (χ1) is 8.72. The molecule has 0 fully saturated rings. The van der Waals surface area contributed by atoms with Crippen LogP contribution in [-0.2, 0) is 6.42 Å². The maximum absolute atomic E-state index is 13.3. The van der Waals surface area contributed by atoms with Gasteiger partial charge in [-0.05, 0) is 15.9 Å². The van der Waals surface area contributed by atoms with Gasteiger partial charge in [0.15, 0.2) is 3.92 Å². The van der Waals surface area contributed by atoms with Crippen molar-refractivity contribution in [3.63, 3.8) is 0 Å². The highest BCUT2D eigenvalue weighted by Crippen LogP contribution is 2.37. The Bertz CT molecular complexity index is 552. The zero-order valence-corrected chi connectivity index (χ0v) is 11.7. The molecule has 2 rings (SSSR count). The quantitative estimate of drug-likeness (QED) is 0.749. The molecule has 19 heavy (non-hydrogen) atoms. The summed E-state index contributed by atoms with van der Waals surface area (Å²) in [7, 11) is 0. The standard InChI is InChI=1S/C9H9BrF3N5S/c10-7-16-3-4(19-7)2-8(9(11,12)13)17-5(14)1-6(15)18-8/h1,3,17H,2,14H2,(H2,15,18). The van der Waals surface area contributed by atoms with Crippen LogP contribution in [0.2, 0.25) is 0 Å². The molecule has 104 valence electrons. The largest absolute Gasteiger partial charge is 0.432 e.